The third-order valence-electron chi connectivity index (χ3n) is 5.77. The third-order valence-corrected chi connectivity index (χ3v) is 5.77. The van der Waals surface area contributed by atoms with Crippen LogP contribution in [0.1, 0.15) is 43.0 Å². The van der Waals surface area contributed by atoms with Crippen LogP contribution in [-0.4, -0.2) is 52.3 Å². The quantitative estimate of drug-likeness (QED) is 0.854. The minimum Gasteiger partial charge on any atom is -0.339 e. The number of benzene rings is 1. The monoisotopic (exact) mass is 351 g/mol. The van der Waals surface area contributed by atoms with Crippen molar-refractivity contribution in [1.29, 1.82) is 0 Å². The van der Waals surface area contributed by atoms with Crippen molar-refractivity contribution in [2.45, 2.75) is 38.6 Å². The van der Waals surface area contributed by atoms with Gasteiger partial charge in [-0.15, -0.1) is 0 Å². The van der Waals surface area contributed by atoms with E-state index in [1.54, 1.807) is 6.20 Å². The molecule has 2 fully saturated rings. The molecule has 2 aromatic rings. The summed E-state index contributed by atoms with van der Waals surface area (Å²) in [6.45, 7) is 4.41. The summed E-state index contributed by atoms with van der Waals surface area (Å²) >= 11 is 0. The van der Waals surface area contributed by atoms with E-state index in [2.05, 4.69) is 16.8 Å². The number of aromatic nitrogens is 1. The van der Waals surface area contributed by atoms with Gasteiger partial charge in [-0.05, 0) is 43.4 Å². The van der Waals surface area contributed by atoms with Gasteiger partial charge in [0.1, 0.15) is 0 Å². The van der Waals surface area contributed by atoms with Crippen molar-refractivity contribution in [2.24, 2.45) is 5.92 Å². The summed E-state index contributed by atoms with van der Waals surface area (Å²) < 4.78 is 0. The molecular formula is C21H25N3O2. The maximum Gasteiger partial charge on any atom is 0.254 e. The van der Waals surface area contributed by atoms with E-state index < -0.39 is 0 Å². The number of nitrogens with zero attached hydrogens (tertiary/aromatic N) is 3. The van der Waals surface area contributed by atoms with Gasteiger partial charge in [0.15, 0.2) is 0 Å². The smallest absolute Gasteiger partial charge is 0.254 e. The molecule has 0 bridgehead atoms. The summed E-state index contributed by atoms with van der Waals surface area (Å²) in [5.41, 5.74) is 1.58. The Morgan fingerprint density at radius 2 is 2.12 bits per heavy atom. The van der Waals surface area contributed by atoms with Crippen molar-refractivity contribution in [2.75, 3.05) is 19.6 Å². The highest BCUT2D eigenvalue weighted by molar-refractivity contribution is 6.06. The number of amides is 2. The zero-order chi connectivity index (χ0) is 18.1. The zero-order valence-corrected chi connectivity index (χ0v) is 15.2. The topological polar surface area (TPSA) is 53.5 Å². The number of rotatable bonds is 3. The Balaban J connectivity index is 1.55. The highest BCUT2D eigenvalue weighted by Gasteiger charge is 2.40. The summed E-state index contributed by atoms with van der Waals surface area (Å²) in [5.74, 6) is 0.763. The number of piperidine rings is 2. The van der Waals surface area contributed by atoms with Crippen molar-refractivity contribution < 1.29 is 9.59 Å². The molecule has 0 unspecified atom stereocenters. The summed E-state index contributed by atoms with van der Waals surface area (Å²) in [6.07, 6.45) is 5.13. The predicted octanol–water partition coefficient (Wildman–Crippen LogP) is 3.10. The van der Waals surface area contributed by atoms with E-state index in [-0.39, 0.29) is 11.8 Å². The van der Waals surface area contributed by atoms with Crippen LogP contribution >= 0.6 is 0 Å². The minimum atomic E-state index is 0.0843. The predicted molar refractivity (Wildman–Crippen MR) is 101 cm³/mol. The van der Waals surface area contributed by atoms with Gasteiger partial charge in [0.2, 0.25) is 5.91 Å². The van der Waals surface area contributed by atoms with E-state index in [1.165, 1.54) is 0 Å². The van der Waals surface area contributed by atoms with E-state index in [9.17, 15) is 9.59 Å². The number of hydrogen-bond donors (Lipinski definition) is 0. The number of carbonyl (C=O) groups excluding carboxylic acids is 2. The highest BCUT2D eigenvalue weighted by atomic mass is 16.2. The Morgan fingerprint density at radius 3 is 2.96 bits per heavy atom. The standard InChI is InChI=1S/C21H25N3O2/c1-2-12-24-19-10-13-23(14-15(19)8-9-20(24)25)21(26)17-5-3-7-18-16(17)6-4-11-22-18/h3-7,11,15,19H,2,8-10,12-14H2,1H3/t15-,19+/m0/s1. The molecule has 2 saturated heterocycles. The lowest BCUT2D eigenvalue weighted by Crippen LogP contribution is -2.57. The molecule has 5 nitrogen and oxygen atoms in total. The fraction of sp³-hybridized carbons (Fsp3) is 0.476. The Labute approximate surface area is 154 Å². The summed E-state index contributed by atoms with van der Waals surface area (Å²) in [5, 5.41) is 0.911. The molecule has 0 spiro atoms. The number of fused-ring (bicyclic) bond motifs is 2. The summed E-state index contributed by atoms with van der Waals surface area (Å²) in [7, 11) is 0. The number of hydrogen-bond acceptors (Lipinski definition) is 3. The first-order valence-electron chi connectivity index (χ1n) is 9.61. The van der Waals surface area contributed by atoms with E-state index in [0.29, 0.717) is 24.9 Å². The van der Waals surface area contributed by atoms with Crippen LogP contribution < -0.4 is 0 Å². The maximum absolute atomic E-state index is 13.2. The first kappa shape index (κ1) is 17.0. The van der Waals surface area contributed by atoms with Gasteiger partial charge in [0, 0.05) is 49.2 Å². The van der Waals surface area contributed by atoms with Gasteiger partial charge in [0.25, 0.3) is 5.91 Å². The third kappa shape index (κ3) is 2.96. The van der Waals surface area contributed by atoms with Gasteiger partial charge in [-0.1, -0.05) is 19.1 Å². The van der Waals surface area contributed by atoms with Crippen LogP contribution in [-0.2, 0) is 4.79 Å². The summed E-state index contributed by atoms with van der Waals surface area (Å²) in [4.78, 5) is 33.8. The molecule has 1 aromatic heterocycles. The Hall–Kier alpha value is -2.43. The molecule has 4 rings (SSSR count). The Kier molecular flexibility index (Phi) is 4.62. The van der Waals surface area contributed by atoms with Crippen molar-refractivity contribution in [3.63, 3.8) is 0 Å². The van der Waals surface area contributed by atoms with Gasteiger partial charge < -0.3 is 9.80 Å². The van der Waals surface area contributed by atoms with Crippen molar-refractivity contribution in [3.05, 3.63) is 42.1 Å². The van der Waals surface area contributed by atoms with Gasteiger partial charge >= 0.3 is 0 Å². The van der Waals surface area contributed by atoms with E-state index >= 15 is 0 Å². The average Bonchev–Trinajstić information content (AvgIpc) is 2.69. The fourth-order valence-electron chi connectivity index (χ4n) is 4.53. The molecule has 26 heavy (non-hydrogen) atoms. The number of pyridine rings is 1. The van der Waals surface area contributed by atoms with Crippen molar-refractivity contribution in [3.8, 4) is 0 Å². The minimum absolute atomic E-state index is 0.0843. The van der Waals surface area contributed by atoms with Crippen LogP contribution in [0.3, 0.4) is 0 Å². The largest absolute Gasteiger partial charge is 0.339 e. The lowest BCUT2D eigenvalue weighted by Gasteiger charge is -2.47. The van der Waals surface area contributed by atoms with Gasteiger partial charge in [-0.25, -0.2) is 0 Å². The lowest BCUT2D eigenvalue weighted by atomic mass is 9.83. The second kappa shape index (κ2) is 7.06. The molecule has 5 heteroatoms. The summed E-state index contributed by atoms with van der Waals surface area (Å²) in [6, 6.07) is 9.87. The first-order chi connectivity index (χ1) is 12.7. The SMILES string of the molecule is CCCN1C(=O)CC[C@H]2CN(C(=O)c3cccc4ncccc34)CC[C@H]21. The van der Waals surface area contributed by atoms with Gasteiger partial charge in [0.05, 0.1) is 5.52 Å². The molecule has 0 N–H and O–H groups in total. The lowest BCUT2D eigenvalue weighted by molar-refractivity contribution is -0.140. The average molecular weight is 351 g/mol. The van der Waals surface area contributed by atoms with Crippen molar-refractivity contribution >= 4 is 22.7 Å². The van der Waals surface area contributed by atoms with E-state index in [1.807, 2.05) is 35.2 Å². The molecular weight excluding hydrogens is 326 g/mol. The number of carbonyl (C=O) groups is 2. The Bertz CT molecular complexity index is 830. The van der Waals surface area contributed by atoms with Crippen LogP contribution in [0.15, 0.2) is 36.5 Å². The molecule has 2 atom stereocenters. The molecule has 2 aliphatic heterocycles. The molecule has 0 radical (unpaired) electrons. The molecule has 2 aliphatic rings. The van der Waals surface area contributed by atoms with Crippen LogP contribution in [0.4, 0.5) is 0 Å². The van der Waals surface area contributed by atoms with Gasteiger partial charge in [-0.3, -0.25) is 14.6 Å². The second-order valence-electron chi connectivity index (χ2n) is 7.37. The molecule has 0 saturated carbocycles. The maximum atomic E-state index is 13.2. The molecule has 2 amide bonds. The van der Waals surface area contributed by atoms with E-state index in [0.717, 1.165) is 48.8 Å². The van der Waals surface area contributed by atoms with Crippen LogP contribution in [0.2, 0.25) is 0 Å². The normalized spacial score (nSPS) is 23.2. The number of likely N-dealkylation sites (tertiary alicyclic amines) is 2. The van der Waals surface area contributed by atoms with Crippen LogP contribution in [0, 0.1) is 5.92 Å². The first-order valence-corrected chi connectivity index (χ1v) is 9.61. The van der Waals surface area contributed by atoms with Crippen LogP contribution in [0.25, 0.3) is 10.9 Å². The van der Waals surface area contributed by atoms with E-state index in [4.69, 9.17) is 0 Å². The molecule has 0 aliphatic carbocycles. The van der Waals surface area contributed by atoms with Crippen LogP contribution in [0.5, 0.6) is 0 Å². The second-order valence-corrected chi connectivity index (χ2v) is 7.37. The highest BCUT2D eigenvalue weighted by Crippen LogP contribution is 2.32. The van der Waals surface area contributed by atoms with Crippen molar-refractivity contribution in [1.82, 2.24) is 14.8 Å². The Morgan fingerprint density at radius 1 is 1.23 bits per heavy atom. The van der Waals surface area contributed by atoms with Gasteiger partial charge in [-0.2, -0.15) is 0 Å². The fourth-order valence-corrected chi connectivity index (χ4v) is 4.53. The molecule has 3 heterocycles. The zero-order valence-electron chi connectivity index (χ0n) is 15.2. The molecule has 1 aromatic carbocycles. The molecule has 136 valence electrons.